The van der Waals surface area contributed by atoms with Gasteiger partial charge in [-0.2, -0.15) is 0 Å². The molecule has 0 atom stereocenters. The number of amides is 1. The topological polar surface area (TPSA) is 107 Å². The van der Waals surface area contributed by atoms with Crippen LogP contribution in [0.15, 0.2) is 48.7 Å². The number of rotatable bonds is 13. The lowest BCUT2D eigenvalue weighted by molar-refractivity contribution is -0.116. The van der Waals surface area contributed by atoms with Gasteiger partial charge in [-0.3, -0.25) is 4.79 Å². The van der Waals surface area contributed by atoms with Crippen molar-refractivity contribution in [3.05, 3.63) is 65.2 Å². The van der Waals surface area contributed by atoms with Gasteiger partial charge >= 0.3 is 0 Å². The van der Waals surface area contributed by atoms with Crippen molar-refractivity contribution in [2.24, 2.45) is 0 Å². The van der Waals surface area contributed by atoms with Crippen molar-refractivity contribution in [2.45, 2.75) is 26.2 Å². The third-order valence-corrected chi connectivity index (χ3v) is 6.74. The second-order valence-corrected chi connectivity index (χ2v) is 10.0. The first-order chi connectivity index (χ1) is 19.5. The van der Waals surface area contributed by atoms with Gasteiger partial charge in [0, 0.05) is 61.1 Å². The molecule has 0 aliphatic carbocycles. The van der Waals surface area contributed by atoms with E-state index in [2.05, 4.69) is 54.3 Å². The fraction of sp³-hybridized carbons (Fsp3) is 0.379. The third-order valence-electron chi connectivity index (χ3n) is 6.51. The van der Waals surface area contributed by atoms with E-state index in [1.54, 1.807) is 24.4 Å². The van der Waals surface area contributed by atoms with Gasteiger partial charge < -0.3 is 26.2 Å². The first kappa shape index (κ1) is 29.5. The van der Waals surface area contributed by atoms with Crippen LogP contribution in [-0.2, 0) is 4.79 Å². The first-order valence-electron chi connectivity index (χ1n) is 13.6. The van der Waals surface area contributed by atoms with Crippen LogP contribution in [0.4, 0.5) is 21.6 Å². The number of hydrogen-bond donors (Lipinski definition) is 4. The molecule has 0 saturated heterocycles. The molecule has 4 rings (SSSR count). The molecule has 0 radical (unpaired) electrons. The standard InChI is InChI=1S/C29H36ClFN8O/c1-3-13-39(15-12-32-2)14-9-28(40)36-27-17-22(8-11-34-27)35-26-18-25(23-16-21(30)6-7-24(23)31)37-38-29(26)20-5-4-10-33-19-20/h5-8,11,16-18,32-33H,3-4,9-10,12-15,19H2,1-2H3,(H2,34,35,36,37,40). The molecule has 1 amide bonds. The summed E-state index contributed by atoms with van der Waals surface area (Å²) in [6.45, 7) is 7.07. The minimum absolute atomic E-state index is 0.0985. The molecule has 0 bridgehead atoms. The molecule has 11 heteroatoms. The van der Waals surface area contributed by atoms with Crippen LogP contribution in [0.2, 0.25) is 5.02 Å². The number of carbonyl (C=O) groups excluding carboxylic acids is 1. The summed E-state index contributed by atoms with van der Waals surface area (Å²) in [6, 6.07) is 9.67. The molecular formula is C29H36ClFN8O. The fourth-order valence-corrected chi connectivity index (χ4v) is 4.66. The summed E-state index contributed by atoms with van der Waals surface area (Å²) in [5.41, 5.74) is 3.63. The summed E-state index contributed by atoms with van der Waals surface area (Å²) >= 11 is 6.13. The van der Waals surface area contributed by atoms with Crippen LogP contribution in [0, 0.1) is 5.82 Å². The Hall–Kier alpha value is -3.44. The van der Waals surface area contributed by atoms with Crippen LogP contribution in [0.1, 0.15) is 31.9 Å². The highest BCUT2D eigenvalue weighted by atomic mass is 35.5. The maximum Gasteiger partial charge on any atom is 0.226 e. The van der Waals surface area contributed by atoms with E-state index in [9.17, 15) is 9.18 Å². The van der Waals surface area contributed by atoms with Crippen molar-refractivity contribution in [3.63, 3.8) is 0 Å². The normalized spacial score (nSPS) is 13.3. The van der Waals surface area contributed by atoms with Crippen molar-refractivity contribution >= 4 is 40.3 Å². The van der Waals surface area contributed by atoms with Gasteiger partial charge in [-0.05, 0) is 68.9 Å². The molecule has 1 aliphatic rings. The molecule has 40 heavy (non-hydrogen) atoms. The number of anilines is 3. The molecule has 3 heterocycles. The van der Waals surface area contributed by atoms with E-state index >= 15 is 0 Å². The Morgan fingerprint density at radius 3 is 2.80 bits per heavy atom. The fourth-order valence-electron chi connectivity index (χ4n) is 4.49. The molecule has 0 unspecified atom stereocenters. The summed E-state index contributed by atoms with van der Waals surface area (Å²) in [5, 5.41) is 22.0. The number of halogens is 2. The predicted molar refractivity (Wildman–Crippen MR) is 159 cm³/mol. The number of hydrogen-bond acceptors (Lipinski definition) is 8. The third kappa shape index (κ3) is 8.28. The minimum Gasteiger partial charge on any atom is -0.353 e. The van der Waals surface area contributed by atoms with Gasteiger partial charge in [-0.25, -0.2) is 9.37 Å². The Morgan fingerprint density at radius 2 is 2.02 bits per heavy atom. The number of nitrogens with one attached hydrogen (secondary N) is 4. The number of carbonyl (C=O) groups is 1. The van der Waals surface area contributed by atoms with E-state index < -0.39 is 5.82 Å². The summed E-state index contributed by atoms with van der Waals surface area (Å²) in [5.74, 6) is -0.0950. The Morgan fingerprint density at radius 1 is 1.15 bits per heavy atom. The van der Waals surface area contributed by atoms with Crippen LogP contribution in [0.5, 0.6) is 0 Å². The van der Waals surface area contributed by atoms with E-state index in [0.29, 0.717) is 53.1 Å². The zero-order valence-electron chi connectivity index (χ0n) is 22.9. The maximum atomic E-state index is 14.6. The quantitative estimate of drug-likeness (QED) is 0.236. The van der Waals surface area contributed by atoms with Crippen LogP contribution >= 0.6 is 11.6 Å². The van der Waals surface area contributed by atoms with Gasteiger partial charge in [-0.15, -0.1) is 10.2 Å². The monoisotopic (exact) mass is 566 g/mol. The predicted octanol–water partition coefficient (Wildman–Crippen LogP) is 4.71. The number of nitrogens with zero attached hydrogens (tertiary/aromatic N) is 4. The average Bonchev–Trinajstić information content (AvgIpc) is 2.96. The summed E-state index contributed by atoms with van der Waals surface area (Å²) in [7, 11) is 1.92. The molecular weight excluding hydrogens is 531 g/mol. The summed E-state index contributed by atoms with van der Waals surface area (Å²) in [4.78, 5) is 19.3. The Kier molecular flexibility index (Phi) is 10.9. The molecule has 1 aromatic carbocycles. The van der Waals surface area contributed by atoms with E-state index in [1.807, 2.05) is 7.05 Å². The van der Waals surface area contributed by atoms with Crippen LogP contribution in [0.3, 0.4) is 0 Å². The highest BCUT2D eigenvalue weighted by Crippen LogP contribution is 2.32. The van der Waals surface area contributed by atoms with Gasteiger partial charge in [0.15, 0.2) is 0 Å². The SMILES string of the molecule is CCCN(CCNC)CCC(=O)Nc1cc(Nc2cc(-c3cc(Cl)ccc3F)nnc2C2=CCCNC2)ccn1. The molecule has 2 aromatic heterocycles. The maximum absolute atomic E-state index is 14.6. The molecule has 3 aromatic rings. The van der Waals surface area contributed by atoms with Gasteiger partial charge in [0.05, 0.1) is 11.4 Å². The summed E-state index contributed by atoms with van der Waals surface area (Å²) < 4.78 is 14.6. The molecule has 9 nitrogen and oxygen atoms in total. The Balaban J connectivity index is 1.53. The molecule has 212 valence electrons. The lowest BCUT2D eigenvalue weighted by atomic mass is 10.0. The number of benzene rings is 1. The van der Waals surface area contributed by atoms with Gasteiger partial charge in [-0.1, -0.05) is 24.6 Å². The molecule has 0 fully saturated rings. The largest absolute Gasteiger partial charge is 0.353 e. The zero-order valence-corrected chi connectivity index (χ0v) is 23.7. The van der Waals surface area contributed by atoms with Crippen LogP contribution < -0.4 is 21.3 Å². The van der Waals surface area contributed by atoms with Gasteiger partial charge in [0.25, 0.3) is 0 Å². The number of likely N-dealkylation sites (N-methyl/N-ethyl adjacent to an activating group) is 1. The highest BCUT2D eigenvalue weighted by Gasteiger charge is 2.17. The lowest BCUT2D eigenvalue weighted by Gasteiger charge is -2.21. The molecule has 1 aliphatic heterocycles. The molecule has 0 saturated carbocycles. The number of pyridine rings is 1. The molecule has 0 spiro atoms. The second-order valence-electron chi connectivity index (χ2n) is 9.61. The van der Waals surface area contributed by atoms with Crippen LogP contribution in [-0.4, -0.2) is 72.3 Å². The highest BCUT2D eigenvalue weighted by molar-refractivity contribution is 6.30. The lowest BCUT2D eigenvalue weighted by Crippen LogP contribution is -2.34. The van der Waals surface area contributed by atoms with Crippen molar-refractivity contribution in [2.75, 3.05) is 56.9 Å². The van der Waals surface area contributed by atoms with Crippen molar-refractivity contribution in [1.82, 2.24) is 30.7 Å². The van der Waals surface area contributed by atoms with Crippen LogP contribution in [0.25, 0.3) is 16.8 Å². The first-order valence-corrected chi connectivity index (χ1v) is 14.0. The second kappa shape index (κ2) is 14.8. The van der Waals surface area contributed by atoms with Gasteiger partial charge in [0.2, 0.25) is 5.91 Å². The zero-order chi connectivity index (χ0) is 28.3. The van der Waals surface area contributed by atoms with E-state index in [0.717, 1.165) is 44.6 Å². The van der Waals surface area contributed by atoms with E-state index in [4.69, 9.17) is 11.6 Å². The minimum atomic E-state index is -0.437. The Bertz CT molecular complexity index is 1340. The van der Waals surface area contributed by atoms with Crippen molar-refractivity contribution in [3.8, 4) is 11.3 Å². The Labute approximate surface area is 239 Å². The smallest absolute Gasteiger partial charge is 0.226 e. The van der Waals surface area contributed by atoms with E-state index in [1.165, 1.54) is 18.2 Å². The average molecular weight is 567 g/mol. The van der Waals surface area contributed by atoms with Crippen molar-refractivity contribution < 1.29 is 9.18 Å². The van der Waals surface area contributed by atoms with Crippen molar-refractivity contribution in [1.29, 1.82) is 0 Å². The molecule has 4 N–H and O–H groups in total. The van der Waals surface area contributed by atoms with Gasteiger partial charge in [0.1, 0.15) is 17.3 Å². The number of aromatic nitrogens is 3. The van der Waals surface area contributed by atoms with E-state index in [-0.39, 0.29) is 11.5 Å². The summed E-state index contributed by atoms with van der Waals surface area (Å²) in [6.07, 6.45) is 6.03.